The Morgan fingerprint density at radius 1 is 1.42 bits per heavy atom. The van der Waals surface area contributed by atoms with E-state index in [1.165, 1.54) is 17.0 Å². The molecule has 0 amide bonds. The van der Waals surface area contributed by atoms with E-state index < -0.39 is 5.82 Å². The monoisotopic (exact) mass is 260 g/mol. The first-order valence-electron chi connectivity index (χ1n) is 6.11. The molecule has 1 aliphatic heterocycles. The number of nitrogens with one attached hydrogen (secondary N) is 1. The summed E-state index contributed by atoms with van der Waals surface area (Å²) in [5.41, 5.74) is 2.17. The van der Waals surface area contributed by atoms with E-state index in [1.807, 2.05) is 0 Å². The van der Waals surface area contributed by atoms with Gasteiger partial charge < -0.3 is 5.32 Å². The molecular weight excluding hydrogens is 247 g/mol. The highest BCUT2D eigenvalue weighted by Crippen LogP contribution is 2.07. The van der Waals surface area contributed by atoms with E-state index in [4.69, 9.17) is 0 Å². The van der Waals surface area contributed by atoms with Crippen LogP contribution in [0.5, 0.6) is 0 Å². The SMILES string of the molecule is O=c1c2c(ncn1Cc1cncc(F)c1)CNCC2. The van der Waals surface area contributed by atoms with Crippen LogP contribution >= 0.6 is 0 Å². The van der Waals surface area contributed by atoms with Crippen molar-refractivity contribution in [3.05, 3.63) is 57.8 Å². The zero-order valence-electron chi connectivity index (χ0n) is 10.3. The lowest BCUT2D eigenvalue weighted by Crippen LogP contribution is -2.34. The number of pyridine rings is 1. The average molecular weight is 260 g/mol. The van der Waals surface area contributed by atoms with Crippen molar-refractivity contribution in [1.82, 2.24) is 19.9 Å². The van der Waals surface area contributed by atoms with Crippen LogP contribution in [0.2, 0.25) is 0 Å². The molecule has 2 aromatic heterocycles. The maximum Gasteiger partial charge on any atom is 0.257 e. The highest BCUT2D eigenvalue weighted by atomic mass is 19.1. The van der Waals surface area contributed by atoms with Crippen LogP contribution in [0.15, 0.2) is 29.6 Å². The Bertz CT molecular complexity index is 668. The smallest absolute Gasteiger partial charge is 0.257 e. The van der Waals surface area contributed by atoms with Crippen LogP contribution < -0.4 is 10.9 Å². The molecule has 1 N–H and O–H groups in total. The van der Waals surface area contributed by atoms with E-state index >= 15 is 0 Å². The van der Waals surface area contributed by atoms with Gasteiger partial charge in [0.25, 0.3) is 5.56 Å². The summed E-state index contributed by atoms with van der Waals surface area (Å²) in [6.07, 6.45) is 4.89. The molecule has 0 radical (unpaired) electrons. The van der Waals surface area contributed by atoms with Crippen molar-refractivity contribution in [2.45, 2.75) is 19.5 Å². The highest BCUT2D eigenvalue weighted by molar-refractivity contribution is 5.20. The Morgan fingerprint density at radius 3 is 3.16 bits per heavy atom. The second-order valence-corrected chi connectivity index (χ2v) is 4.54. The third-order valence-electron chi connectivity index (χ3n) is 3.18. The molecule has 2 aromatic rings. The maximum absolute atomic E-state index is 13.1. The molecule has 0 saturated carbocycles. The summed E-state index contributed by atoms with van der Waals surface area (Å²) >= 11 is 0. The summed E-state index contributed by atoms with van der Waals surface area (Å²) in [6, 6.07) is 1.38. The fourth-order valence-electron chi connectivity index (χ4n) is 2.24. The minimum Gasteiger partial charge on any atom is -0.311 e. The summed E-state index contributed by atoms with van der Waals surface area (Å²) in [7, 11) is 0. The number of aromatic nitrogens is 3. The standard InChI is InChI=1S/C13H13FN4O/c14-10-3-9(4-16-5-10)7-18-8-17-12-6-15-2-1-11(12)13(18)19/h3-5,8,15H,1-2,6-7H2. The van der Waals surface area contributed by atoms with Gasteiger partial charge in [-0.3, -0.25) is 14.3 Å². The fraction of sp³-hybridized carbons (Fsp3) is 0.308. The number of fused-ring (bicyclic) bond motifs is 1. The van der Waals surface area contributed by atoms with Gasteiger partial charge in [-0.2, -0.15) is 0 Å². The van der Waals surface area contributed by atoms with Crippen LogP contribution in [0.25, 0.3) is 0 Å². The zero-order chi connectivity index (χ0) is 13.2. The number of halogens is 1. The molecular formula is C13H13FN4O. The first-order valence-corrected chi connectivity index (χ1v) is 6.11. The Morgan fingerprint density at radius 2 is 2.32 bits per heavy atom. The molecule has 19 heavy (non-hydrogen) atoms. The predicted octanol–water partition coefficient (Wildman–Crippen LogP) is 0.471. The summed E-state index contributed by atoms with van der Waals surface area (Å²) in [5, 5.41) is 3.17. The van der Waals surface area contributed by atoms with Gasteiger partial charge in [-0.1, -0.05) is 0 Å². The van der Waals surface area contributed by atoms with Crippen LogP contribution in [0.1, 0.15) is 16.8 Å². The first-order chi connectivity index (χ1) is 9.24. The third-order valence-corrected chi connectivity index (χ3v) is 3.18. The van der Waals surface area contributed by atoms with Gasteiger partial charge in [-0.25, -0.2) is 9.37 Å². The molecule has 3 heterocycles. The van der Waals surface area contributed by atoms with Crippen molar-refractivity contribution in [2.24, 2.45) is 0 Å². The van der Waals surface area contributed by atoms with Crippen molar-refractivity contribution in [3.8, 4) is 0 Å². The number of nitrogens with zero attached hydrogens (tertiary/aromatic N) is 3. The quantitative estimate of drug-likeness (QED) is 0.852. The zero-order valence-corrected chi connectivity index (χ0v) is 10.3. The topological polar surface area (TPSA) is 59.8 Å². The van der Waals surface area contributed by atoms with Gasteiger partial charge in [-0.05, 0) is 24.6 Å². The van der Waals surface area contributed by atoms with Crippen molar-refractivity contribution in [2.75, 3.05) is 6.54 Å². The van der Waals surface area contributed by atoms with E-state index in [0.717, 1.165) is 24.0 Å². The Kier molecular flexibility index (Phi) is 3.08. The largest absolute Gasteiger partial charge is 0.311 e. The normalized spacial score (nSPS) is 14.2. The van der Waals surface area contributed by atoms with E-state index in [0.29, 0.717) is 18.5 Å². The van der Waals surface area contributed by atoms with Crippen LogP contribution in [0, 0.1) is 5.82 Å². The van der Waals surface area contributed by atoms with Crippen LogP contribution in [0.4, 0.5) is 4.39 Å². The van der Waals surface area contributed by atoms with Gasteiger partial charge in [0.1, 0.15) is 5.82 Å². The second kappa shape index (κ2) is 4.89. The number of rotatable bonds is 2. The minimum absolute atomic E-state index is 0.0456. The Labute approximate surface area is 109 Å². The molecule has 3 rings (SSSR count). The average Bonchev–Trinajstić information content (AvgIpc) is 2.42. The lowest BCUT2D eigenvalue weighted by Gasteiger charge is -2.16. The fourth-order valence-corrected chi connectivity index (χ4v) is 2.24. The molecule has 0 atom stereocenters. The van der Waals surface area contributed by atoms with Gasteiger partial charge in [-0.15, -0.1) is 0 Å². The molecule has 0 unspecified atom stereocenters. The van der Waals surface area contributed by atoms with Gasteiger partial charge in [0.15, 0.2) is 0 Å². The van der Waals surface area contributed by atoms with Gasteiger partial charge in [0, 0.05) is 18.3 Å². The van der Waals surface area contributed by atoms with Gasteiger partial charge in [0.2, 0.25) is 0 Å². The Hall–Kier alpha value is -2.08. The first kappa shape index (κ1) is 12.0. The molecule has 0 spiro atoms. The third kappa shape index (κ3) is 2.39. The highest BCUT2D eigenvalue weighted by Gasteiger charge is 2.15. The molecule has 0 fully saturated rings. The van der Waals surface area contributed by atoms with Crippen LogP contribution in [0.3, 0.4) is 0 Å². The summed E-state index contributed by atoms with van der Waals surface area (Å²) < 4.78 is 14.6. The molecule has 0 bridgehead atoms. The molecule has 98 valence electrons. The van der Waals surface area contributed by atoms with E-state index in [1.54, 1.807) is 6.20 Å². The van der Waals surface area contributed by atoms with Crippen LogP contribution in [-0.4, -0.2) is 21.1 Å². The van der Waals surface area contributed by atoms with Crippen molar-refractivity contribution >= 4 is 0 Å². The molecule has 6 heteroatoms. The molecule has 0 aromatic carbocycles. The predicted molar refractivity (Wildman–Crippen MR) is 67.2 cm³/mol. The van der Waals surface area contributed by atoms with Crippen LogP contribution in [-0.2, 0) is 19.5 Å². The second-order valence-electron chi connectivity index (χ2n) is 4.54. The lowest BCUT2D eigenvalue weighted by molar-refractivity contribution is 0.592. The van der Waals surface area contributed by atoms with Gasteiger partial charge in [0.05, 0.1) is 24.8 Å². The summed E-state index contributed by atoms with van der Waals surface area (Å²) in [4.78, 5) is 20.3. The number of hydrogen-bond donors (Lipinski definition) is 1. The lowest BCUT2D eigenvalue weighted by atomic mass is 10.1. The molecule has 1 aliphatic rings. The molecule has 0 saturated heterocycles. The van der Waals surface area contributed by atoms with Crippen molar-refractivity contribution in [1.29, 1.82) is 0 Å². The Balaban J connectivity index is 1.96. The van der Waals surface area contributed by atoms with Crippen molar-refractivity contribution < 1.29 is 4.39 Å². The van der Waals surface area contributed by atoms with E-state index in [-0.39, 0.29) is 12.1 Å². The summed E-state index contributed by atoms with van der Waals surface area (Å²) in [6.45, 7) is 1.71. The number of hydrogen-bond acceptors (Lipinski definition) is 4. The summed E-state index contributed by atoms with van der Waals surface area (Å²) in [5.74, 6) is -0.402. The molecule has 5 nitrogen and oxygen atoms in total. The van der Waals surface area contributed by atoms with E-state index in [9.17, 15) is 9.18 Å². The van der Waals surface area contributed by atoms with E-state index in [2.05, 4.69) is 15.3 Å². The van der Waals surface area contributed by atoms with Gasteiger partial charge >= 0.3 is 0 Å². The molecule has 0 aliphatic carbocycles. The minimum atomic E-state index is -0.402. The van der Waals surface area contributed by atoms with Crippen molar-refractivity contribution in [3.63, 3.8) is 0 Å². The maximum atomic E-state index is 13.1.